The molecule has 2 atom stereocenters. The van der Waals surface area contributed by atoms with Crippen LogP contribution in [0.4, 0.5) is 0 Å². The van der Waals surface area contributed by atoms with Crippen molar-refractivity contribution in [2.24, 2.45) is 0 Å². The molecule has 0 fully saturated rings. The molecule has 226 valence electrons. The summed E-state index contributed by atoms with van der Waals surface area (Å²) in [6.07, 6.45) is 1.44. The fraction of sp³-hybridized carbons (Fsp3) is 0.222. The first-order valence-corrected chi connectivity index (χ1v) is 14.9. The average molecular weight is 610 g/mol. The van der Waals surface area contributed by atoms with Crippen molar-refractivity contribution in [2.45, 2.75) is 25.1 Å². The number of aliphatic hydroxyl groups excluding tert-OH is 2. The lowest BCUT2D eigenvalue weighted by Crippen LogP contribution is -2.41. The molecule has 1 amide bonds. The molecule has 0 radical (unpaired) electrons. The summed E-state index contributed by atoms with van der Waals surface area (Å²) in [5, 5.41) is 22.9. The van der Waals surface area contributed by atoms with Crippen LogP contribution in [-0.4, -0.2) is 64.2 Å². The zero-order chi connectivity index (χ0) is 31.1. The Kier molecular flexibility index (Phi) is 10.2. The molecule has 0 aliphatic heterocycles. The number of aliphatic hydroxyl groups is 2. The average Bonchev–Trinajstić information content (AvgIpc) is 3.04. The highest BCUT2D eigenvalue weighted by atomic mass is 35.5. The number of pyridine rings is 1. The largest absolute Gasteiger partial charge is 0.457 e. The van der Waals surface area contributed by atoms with Crippen molar-refractivity contribution < 1.29 is 19.7 Å². The third-order valence-electron chi connectivity index (χ3n) is 7.59. The van der Waals surface area contributed by atoms with Crippen molar-refractivity contribution in [3.63, 3.8) is 0 Å². The number of amides is 1. The maximum absolute atomic E-state index is 12.7. The highest BCUT2D eigenvalue weighted by Crippen LogP contribution is 2.31. The van der Waals surface area contributed by atoms with Gasteiger partial charge in [-0.15, -0.1) is 0 Å². The van der Waals surface area contributed by atoms with E-state index in [1.54, 1.807) is 44.6 Å². The highest BCUT2D eigenvalue weighted by Gasteiger charge is 2.23. The molecule has 0 spiro atoms. The molecule has 1 heterocycles. The highest BCUT2D eigenvalue weighted by molar-refractivity contribution is 6.30. The van der Waals surface area contributed by atoms with Crippen molar-refractivity contribution in [3.8, 4) is 11.5 Å². The van der Waals surface area contributed by atoms with Crippen molar-refractivity contribution in [2.75, 3.05) is 27.2 Å². The van der Waals surface area contributed by atoms with E-state index in [9.17, 15) is 15.0 Å². The van der Waals surface area contributed by atoms with Gasteiger partial charge in [0.05, 0.1) is 23.8 Å². The number of hydrogen-bond donors (Lipinski definition) is 2. The van der Waals surface area contributed by atoms with Crippen LogP contribution >= 0.6 is 11.6 Å². The Morgan fingerprint density at radius 1 is 0.909 bits per heavy atom. The first kappa shape index (κ1) is 31.2. The predicted molar refractivity (Wildman–Crippen MR) is 174 cm³/mol. The third kappa shape index (κ3) is 7.62. The number of benzene rings is 4. The summed E-state index contributed by atoms with van der Waals surface area (Å²) in [7, 11) is 3.43. The van der Waals surface area contributed by atoms with Crippen molar-refractivity contribution in [3.05, 3.63) is 137 Å². The second-order valence-electron chi connectivity index (χ2n) is 11.0. The van der Waals surface area contributed by atoms with Gasteiger partial charge in [-0.2, -0.15) is 0 Å². The Morgan fingerprint density at radius 2 is 1.66 bits per heavy atom. The van der Waals surface area contributed by atoms with E-state index in [2.05, 4.69) is 9.88 Å². The molecule has 0 saturated carbocycles. The van der Waals surface area contributed by atoms with Gasteiger partial charge in [-0.1, -0.05) is 72.3 Å². The SMILES string of the molecule is CN(C)C(=O)c1cccc2c(Oc3ccc(C[C@@H](CO)N(Cc4ccccc4)C[C@@H](O)c4cccc(Cl)c4)cc3)ccnc12. The van der Waals surface area contributed by atoms with Gasteiger partial charge < -0.3 is 19.8 Å². The summed E-state index contributed by atoms with van der Waals surface area (Å²) in [4.78, 5) is 20.8. The van der Waals surface area contributed by atoms with Crippen LogP contribution < -0.4 is 4.74 Å². The fourth-order valence-corrected chi connectivity index (χ4v) is 5.46. The fourth-order valence-electron chi connectivity index (χ4n) is 5.26. The molecule has 44 heavy (non-hydrogen) atoms. The van der Waals surface area contributed by atoms with Gasteiger partial charge in [-0.05, 0) is 65.6 Å². The van der Waals surface area contributed by atoms with Crippen LogP contribution in [0.3, 0.4) is 0 Å². The molecule has 0 aliphatic rings. The number of carbonyl (C=O) groups is 1. The van der Waals surface area contributed by atoms with Gasteiger partial charge in [-0.25, -0.2) is 0 Å². The van der Waals surface area contributed by atoms with Crippen LogP contribution in [0.1, 0.15) is 33.2 Å². The van der Waals surface area contributed by atoms with E-state index in [1.807, 2.05) is 78.9 Å². The summed E-state index contributed by atoms with van der Waals surface area (Å²) in [5.74, 6) is 1.13. The zero-order valence-corrected chi connectivity index (χ0v) is 25.6. The molecule has 5 aromatic rings. The van der Waals surface area contributed by atoms with Crippen LogP contribution in [0.5, 0.6) is 11.5 Å². The van der Waals surface area contributed by atoms with Gasteiger partial charge in [0.1, 0.15) is 11.5 Å². The summed E-state index contributed by atoms with van der Waals surface area (Å²) in [5.41, 5.74) is 3.95. The molecule has 0 saturated heterocycles. The minimum Gasteiger partial charge on any atom is -0.457 e. The number of nitrogens with zero attached hydrogens (tertiary/aromatic N) is 3. The monoisotopic (exact) mass is 609 g/mol. The van der Waals surface area contributed by atoms with E-state index in [0.29, 0.717) is 47.1 Å². The Morgan fingerprint density at radius 3 is 2.36 bits per heavy atom. The Bertz CT molecular complexity index is 1700. The maximum Gasteiger partial charge on any atom is 0.255 e. The quantitative estimate of drug-likeness (QED) is 0.167. The number of ether oxygens (including phenoxy) is 1. The lowest BCUT2D eigenvalue weighted by atomic mass is 10.0. The normalized spacial score (nSPS) is 12.7. The van der Waals surface area contributed by atoms with Crippen LogP contribution in [0.2, 0.25) is 5.02 Å². The summed E-state index contributed by atoms with van der Waals surface area (Å²) < 4.78 is 6.24. The molecule has 2 N–H and O–H groups in total. The molecule has 1 aromatic heterocycles. The first-order chi connectivity index (χ1) is 21.3. The van der Waals surface area contributed by atoms with Crippen molar-refractivity contribution in [1.82, 2.24) is 14.8 Å². The molecular weight excluding hydrogens is 574 g/mol. The Labute approximate surface area is 262 Å². The van der Waals surface area contributed by atoms with Crippen LogP contribution in [-0.2, 0) is 13.0 Å². The summed E-state index contributed by atoms with van der Waals surface area (Å²) in [6, 6.07) is 32.1. The number of aromatic nitrogens is 1. The lowest BCUT2D eigenvalue weighted by molar-refractivity contribution is 0.0566. The van der Waals surface area contributed by atoms with E-state index in [0.717, 1.165) is 22.1 Å². The first-order valence-electron chi connectivity index (χ1n) is 14.5. The summed E-state index contributed by atoms with van der Waals surface area (Å²) >= 11 is 6.18. The second kappa shape index (κ2) is 14.5. The number of fused-ring (bicyclic) bond motifs is 1. The van der Waals surface area contributed by atoms with Crippen molar-refractivity contribution in [1.29, 1.82) is 0 Å². The maximum atomic E-state index is 12.7. The standard InChI is InChI=1S/C36H36ClN3O4/c1-39(2)36(43)32-13-7-12-31-34(18-19-38-35(31)32)44-30-16-14-25(15-17-30)20-29(24-41)40(22-26-8-4-3-5-9-26)23-33(42)27-10-6-11-28(37)21-27/h3-19,21,29,33,41-42H,20,22-24H2,1-2H3/t29-,33+/m0/s1. The lowest BCUT2D eigenvalue weighted by Gasteiger charge is -2.32. The van der Waals surface area contributed by atoms with Crippen LogP contribution in [0.15, 0.2) is 109 Å². The zero-order valence-electron chi connectivity index (χ0n) is 24.8. The van der Waals surface area contributed by atoms with Gasteiger partial charge in [0.15, 0.2) is 0 Å². The third-order valence-corrected chi connectivity index (χ3v) is 7.82. The minimum absolute atomic E-state index is 0.0790. The number of hydrogen-bond acceptors (Lipinski definition) is 6. The van der Waals surface area contributed by atoms with Gasteiger partial charge in [0, 0.05) is 49.8 Å². The number of carbonyl (C=O) groups excluding carboxylic acids is 1. The minimum atomic E-state index is -0.772. The molecule has 8 heteroatoms. The number of rotatable bonds is 12. The number of para-hydroxylation sites is 1. The van der Waals surface area contributed by atoms with Crippen LogP contribution in [0.25, 0.3) is 10.9 Å². The molecule has 0 aliphatic carbocycles. The molecule has 0 unspecified atom stereocenters. The van der Waals surface area contributed by atoms with Crippen molar-refractivity contribution >= 4 is 28.4 Å². The topological polar surface area (TPSA) is 86.1 Å². The van der Waals surface area contributed by atoms with E-state index in [-0.39, 0.29) is 18.6 Å². The Balaban J connectivity index is 1.33. The molecular formula is C36H36ClN3O4. The number of halogens is 1. The second-order valence-corrected chi connectivity index (χ2v) is 11.4. The molecule has 4 aromatic carbocycles. The predicted octanol–water partition coefficient (Wildman–Crippen LogP) is 6.52. The van der Waals surface area contributed by atoms with Gasteiger partial charge in [-0.3, -0.25) is 14.7 Å². The van der Waals surface area contributed by atoms with Gasteiger partial charge in [0.2, 0.25) is 0 Å². The van der Waals surface area contributed by atoms with E-state index < -0.39 is 6.10 Å². The summed E-state index contributed by atoms with van der Waals surface area (Å²) in [6.45, 7) is 0.817. The molecule has 7 nitrogen and oxygen atoms in total. The van der Waals surface area contributed by atoms with E-state index in [1.165, 1.54) is 4.90 Å². The molecule has 0 bridgehead atoms. The molecule has 5 rings (SSSR count). The Hall–Kier alpha value is -4.27. The van der Waals surface area contributed by atoms with Crippen LogP contribution in [0, 0.1) is 0 Å². The van der Waals surface area contributed by atoms with E-state index in [4.69, 9.17) is 16.3 Å². The van der Waals surface area contributed by atoms with Gasteiger partial charge in [0.25, 0.3) is 5.91 Å². The van der Waals surface area contributed by atoms with E-state index >= 15 is 0 Å². The van der Waals surface area contributed by atoms with Gasteiger partial charge >= 0.3 is 0 Å². The smallest absolute Gasteiger partial charge is 0.255 e.